The molecule has 0 saturated carbocycles. The van der Waals surface area contributed by atoms with Crippen molar-refractivity contribution in [3.05, 3.63) is 34.0 Å². The van der Waals surface area contributed by atoms with Crippen molar-refractivity contribution in [3.8, 4) is 0 Å². The summed E-state index contributed by atoms with van der Waals surface area (Å²) in [6.45, 7) is 2.27. The van der Waals surface area contributed by atoms with Crippen LogP contribution in [0.25, 0.3) is 0 Å². The van der Waals surface area contributed by atoms with Crippen molar-refractivity contribution in [2.45, 2.75) is 20.0 Å². The first-order chi connectivity index (χ1) is 8.63. The van der Waals surface area contributed by atoms with Crippen molar-refractivity contribution >= 4 is 17.2 Å². The first-order valence-corrected chi connectivity index (χ1v) is 6.35. The summed E-state index contributed by atoms with van der Waals surface area (Å²) in [7, 11) is 1.85. The summed E-state index contributed by atoms with van der Waals surface area (Å²) in [5, 5.41) is 11.0. The Labute approximate surface area is 109 Å². The molecule has 0 unspecified atom stereocenters. The lowest BCUT2D eigenvalue weighted by Gasteiger charge is -1.99. The van der Waals surface area contributed by atoms with Crippen molar-refractivity contribution in [2.75, 3.05) is 0 Å². The van der Waals surface area contributed by atoms with E-state index in [9.17, 15) is 0 Å². The Morgan fingerprint density at radius 1 is 1.56 bits per heavy atom. The minimum Gasteiger partial charge on any atom is -0.388 e. The number of nitrogens with zero attached hydrogens (tertiary/aromatic N) is 4. The number of thiazole rings is 1. The standard InChI is InChI=1S/C11H15N5OS/c1-8-13-10(7-18-8)5-11(12)15-17-6-9-3-4-16(2)14-9/h3-4,7H,5-6H2,1-2H3,(H2,12,15). The van der Waals surface area contributed by atoms with E-state index < -0.39 is 0 Å². The van der Waals surface area contributed by atoms with Gasteiger partial charge in [0.1, 0.15) is 11.5 Å². The van der Waals surface area contributed by atoms with Gasteiger partial charge < -0.3 is 10.6 Å². The van der Waals surface area contributed by atoms with E-state index >= 15 is 0 Å². The molecule has 0 aliphatic rings. The van der Waals surface area contributed by atoms with E-state index in [1.807, 2.05) is 31.6 Å². The van der Waals surface area contributed by atoms with Crippen LogP contribution in [0.2, 0.25) is 0 Å². The van der Waals surface area contributed by atoms with Crippen LogP contribution in [-0.4, -0.2) is 20.6 Å². The number of aryl methyl sites for hydroxylation is 2. The van der Waals surface area contributed by atoms with Crippen LogP contribution >= 0.6 is 11.3 Å². The first kappa shape index (κ1) is 12.6. The van der Waals surface area contributed by atoms with E-state index in [1.54, 1.807) is 16.0 Å². The Bertz CT molecular complexity index is 545. The molecule has 0 radical (unpaired) electrons. The average Bonchev–Trinajstić information content (AvgIpc) is 2.88. The molecule has 7 heteroatoms. The number of aromatic nitrogens is 3. The molecule has 0 aromatic carbocycles. The van der Waals surface area contributed by atoms with Gasteiger partial charge in [-0.15, -0.1) is 11.3 Å². The van der Waals surface area contributed by atoms with Gasteiger partial charge in [-0.1, -0.05) is 5.16 Å². The highest BCUT2D eigenvalue weighted by molar-refractivity contribution is 7.09. The summed E-state index contributed by atoms with van der Waals surface area (Å²) >= 11 is 1.59. The van der Waals surface area contributed by atoms with E-state index in [-0.39, 0.29) is 0 Å². The third-order valence-corrected chi connectivity index (χ3v) is 3.01. The molecular weight excluding hydrogens is 250 g/mol. The molecule has 18 heavy (non-hydrogen) atoms. The van der Waals surface area contributed by atoms with Gasteiger partial charge >= 0.3 is 0 Å². The average molecular weight is 265 g/mol. The number of rotatable bonds is 5. The molecule has 0 fully saturated rings. The lowest BCUT2D eigenvalue weighted by molar-refractivity contribution is 0.126. The molecule has 6 nitrogen and oxygen atoms in total. The molecule has 2 aromatic rings. The summed E-state index contributed by atoms with van der Waals surface area (Å²) < 4.78 is 1.71. The van der Waals surface area contributed by atoms with Crippen molar-refractivity contribution in [1.29, 1.82) is 0 Å². The number of nitrogens with two attached hydrogens (primary N) is 1. The lowest BCUT2D eigenvalue weighted by Crippen LogP contribution is -2.15. The van der Waals surface area contributed by atoms with Crippen LogP contribution < -0.4 is 5.73 Å². The number of hydrogen-bond donors (Lipinski definition) is 1. The van der Waals surface area contributed by atoms with Crippen LogP contribution in [0.3, 0.4) is 0 Å². The molecule has 2 aromatic heterocycles. The molecule has 0 bridgehead atoms. The summed E-state index contributed by atoms with van der Waals surface area (Å²) in [4.78, 5) is 9.44. The SMILES string of the molecule is Cc1nc(C/C(N)=N/OCc2ccn(C)n2)cs1. The van der Waals surface area contributed by atoms with Gasteiger partial charge in [0.15, 0.2) is 6.61 Å². The van der Waals surface area contributed by atoms with E-state index in [0.29, 0.717) is 18.9 Å². The molecule has 2 rings (SSSR count). The maximum absolute atomic E-state index is 5.75. The van der Waals surface area contributed by atoms with Gasteiger partial charge in [0, 0.05) is 18.6 Å². The quantitative estimate of drug-likeness (QED) is 0.501. The molecule has 0 amide bonds. The molecule has 0 atom stereocenters. The smallest absolute Gasteiger partial charge is 0.161 e. The Kier molecular flexibility index (Phi) is 3.93. The number of hydrogen-bond acceptors (Lipinski definition) is 5. The zero-order chi connectivity index (χ0) is 13.0. The van der Waals surface area contributed by atoms with Crippen LogP contribution in [-0.2, 0) is 24.9 Å². The molecular formula is C11H15N5OS. The molecule has 2 heterocycles. The van der Waals surface area contributed by atoms with Crippen LogP contribution in [0, 0.1) is 6.92 Å². The Balaban J connectivity index is 1.82. The fourth-order valence-corrected chi connectivity index (χ4v) is 2.04. The minimum absolute atomic E-state index is 0.317. The maximum atomic E-state index is 5.75. The molecule has 96 valence electrons. The third-order valence-electron chi connectivity index (χ3n) is 2.19. The fourth-order valence-electron chi connectivity index (χ4n) is 1.43. The van der Waals surface area contributed by atoms with Crippen molar-refractivity contribution in [3.63, 3.8) is 0 Å². The van der Waals surface area contributed by atoms with Gasteiger partial charge in [-0.2, -0.15) is 5.10 Å². The predicted octanol–water partition coefficient (Wildman–Crippen LogP) is 1.22. The number of oxime groups is 1. The molecule has 2 N–H and O–H groups in total. The molecule has 0 saturated heterocycles. The molecule has 0 spiro atoms. The monoisotopic (exact) mass is 265 g/mol. The second-order valence-electron chi connectivity index (χ2n) is 3.87. The lowest BCUT2D eigenvalue weighted by atomic mass is 10.3. The predicted molar refractivity (Wildman–Crippen MR) is 70.2 cm³/mol. The van der Waals surface area contributed by atoms with Gasteiger partial charge in [-0.05, 0) is 13.0 Å². The van der Waals surface area contributed by atoms with E-state index in [2.05, 4.69) is 15.2 Å². The van der Waals surface area contributed by atoms with E-state index in [0.717, 1.165) is 16.4 Å². The Hall–Kier alpha value is -1.89. The second kappa shape index (κ2) is 5.63. The minimum atomic E-state index is 0.317. The van der Waals surface area contributed by atoms with E-state index in [1.165, 1.54) is 0 Å². The van der Waals surface area contributed by atoms with Gasteiger partial charge in [0.25, 0.3) is 0 Å². The van der Waals surface area contributed by atoms with Crippen LogP contribution in [0.4, 0.5) is 0 Å². The topological polar surface area (TPSA) is 78.3 Å². The second-order valence-corrected chi connectivity index (χ2v) is 4.93. The van der Waals surface area contributed by atoms with Crippen LogP contribution in [0.15, 0.2) is 22.8 Å². The molecule has 0 aliphatic carbocycles. The normalized spacial score (nSPS) is 11.8. The fraction of sp³-hybridized carbons (Fsp3) is 0.364. The summed E-state index contributed by atoms with van der Waals surface area (Å²) in [5.41, 5.74) is 7.48. The highest BCUT2D eigenvalue weighted by Crippen LogP contribution is 2.08. The van der Waals surface area contributed by atoms with Crippen LogP contribution in [0.1, 0.15) is 16.4 Å². The highest BCUT2D eigenvalue weighted by atomic mass is 32.1. The molecule has 0 aliphatic heterocycles. The zero-order valence-corrected chi connectivity index (χ0v) is 11.1. The van der Waals surface area contributed by atoms with Gasteiger partial charge in [-0.25, -0.2) is 4.98 Å². The summed E-state index contributed by atoms with van der Waals surface area (Å²) in [5.74, 6) is 0.413. The third kappa shape index (κ3) is 3.56. The summed E-state index contributed by atoms with van der Waals surface area (Å²) in [6, 6.07) is 1.87. The maximum Gasteiger partial charge on any atom is 0.161 e. The zero-order valence-electron chi connectivity index (χ0n) is 10.3. The first-order valence-electron chi connectivity index (χ1n) is 5.47. The van der Waals surface area contributed by atoms with Crippen molar-refractivity contribution in [1.82, 2.24) is 14.8 Å². The largest absolute Gasteiger partial charge is 0.388 e. The summed E-state index contributed by atoms with van der Waals surface area (Å²) in [6.07, 6.45) is 2.36. The van der Waals surface area contributed by atoms with Crippen LogP contribution in [0.5, 0.6) is 0 Å². The number of amidine groups is 1. The Morgan fingerprint density at radius 2 is 2.39 bits per heavy atom. The van der Waals surface area contributed by atoms with Crippen molar-refractivity contribution in [2.24, 2.45) is 17.9 Å². The van der Waals surface area contributed by atoms with Gasteiger partial charge in [-0.3, -0.25) is 4.68 Å². The Morgan fingerprint density at radius 3 is 3.00 bits per heavy atom. The van der Waals surface area contributed by atoms with Crippen molar-refractivity contribution < 1.29 is 4.84 Å². The van der Waals surface area contributed by atoms with E-state index in [4.69, 9.17) is 10.6 Å². The van der Waals surface area contributed by atoms with Gasteiger partial charge in [0.05, 0.1) is 17.1 Å². The highest BCUT2D eigenvalue weighted by Gasteiger charge is 2.02. The van der Waals surface area contributed by atoms with Gasteiger partial charge in [0.2, 0.25) is 0 Å².